The maximum atomic E-state index is 12.8. The van der Waals surface area contributed by atoms with E-state index in [4.69, 9.17) is 0 Å². The normalized spacial score (nSPS) is 9.95. The standard InChI is InChI=1S/C15H23FN4O/c1-19(2)15(20(3)4)18-10-9-17-14(21)11-12-5-7-13(16)8-6-12/h5-8H,9-11H2,1-4H3,(H,17,21). The van der Waals surface area contributed by atoms with Crippen LogP contribution in [0.1, 0.15) is 5.56 Å². The Labute approximate surface area is 125 Å². The highest BCUT2D eigenvalue weighted by Crippen LogP contribution is 2.03. The zero-order valence-corrected chi connectivity index (χ0v) is 13.1. The molecule has 1 aromatic rings. The Kier molecular flexibility index (Phi) is 6.65. The zero-order chi connectivity index (χ0) is 15.8. The largest absolute Gasteiger partial charge is 0.354 e. The van der Waals surface area contributed by atoms with Crippen LogP contribution < -0.4 is 5.32 Å². The lowest BCUT2D eigenvalue weighted by atomic mass is 10.1. The van der Waals surface area contributed by atoms with E-state index in [2.05, 4.69) is 10.3 Å². The van der Waals surface area contributed by atoms with E-state index < -0.39 is 0 Å². The van der Waals surface area contributed by atoms with Crippen LogP contribution in [-0.2, 0) is 11.2 Å². The topological polar surface area (TPSA) is 47.9 Å². The third-order valence-electron chi connectivity index (χ3n) is 2.77. The summed E-state index contributed by atoms with van der Waals surface area (Å²) < 4.78 is 12.8. The summed E-state index contributed by atoms with van der Waals surface area (Å²) in [5.74, 6) is 0.462. The Morgan fingerprint density at radius 3 is 2.24 bits per heavy atom. The number of rotatable bonds is 5. The van der Waals surface area contributed by atoms with Crippen molar-refractivity contribution in [1.29, 1.82) is 0 Å². The summed E-state index contributed by atoms with van der Waals surface area (Å²) >= 11 is 0. The summed E-state index contributed by atoms with van der Waals surface area (Å²) in [5, 5.41) is 2.80. The van der Waals surface area contributed by atoms with Gasteiger partial charge in [0, 0.05) is 34.7 Å². The van der Waals surface area contributed by atoms with Crippen molar-refractivity contribution in [2.24, 2.45) is 4.99 Å². The van der Waals surface area contributed by atoms with Crippen molar-refractivity contribution < 1.29 is 9.18 Å². The van der Waals surface area contributed by atoms with Crippen LogP contribution in [0.3, 0.4) is 0 Å². The first-order valence-corrected chi connectivity index (χ1v) is 6.80. The fourth-order valence-electron chi connectivity index (χ4n) is 1.88. The molecule has 0 bridgehead atoms. The van der Waals surface area contributed by atoms with Gasteiger partial charge < -0.3 is 15.1 Å². The van der Waals surface area contributed by atoms with E-state index in [0.29, 0.717) is 13.1 Å². The summed E-state index contributed by atoms with van der Waals surface area (Å²) in [5.41, 5.74) is 0.791. The van der Waals surface area contributed by atoms with Gasteiger partial charge in [-0.3, -0.25) is 9.79 Å². The molecule has 0 aliphatic rings. The summed E-state index contributed by atoms with van der Waals surface area (Å²) in [6, 6.07) is 5.94. The van der Waals surface area contributed by atoms with Crippen LogP contribution in [0.15, 0.2) is 29.3 Å². The first kappa shape index (κ1) is 16.9. The average molecular weight is 294 g/mol. The number of benzene rings is 1. The molecule has 0 fully saturated rings. The van der Waals surface area contributed by atoms with Crippen LogP contribution in [0, 0.1) is 5.82 Å². The SMILES string of the molecule is CN(C)C(=NCCNC(=O)Cc1ccc(F)cc1)N(C)C. The zero-order valence-electron chi connectivity index (χ0n) is 13.1. The van der Waals surface area contributed by atoms with Gasteiger partial charge in [-0.15, -0.1) is 0 Å². The fraction of sp³-hybridized carbons (Fsp3) is 0.467. The maximum Gasteiger partial charge on any atom is 0.224 e. The molecule has 0 heterocycles. The molecule has 1 rings (SSSR count). The van der Waals surface area contributed by atoms with Gasteiger partial charge in [0.2, 0.25) is 5.91 Å². The molecule has 0 spiro atoms. The molecule has 0 saturated carbocycles. The monoisotopic (exact) mass is 294 g/mol. The lowest BCUT2D eigenvalue weighted by Crippen LogP contribution is -2.36. The first-order chi connectivity index (χ1) is 9.90. The third kappa shape index (κ3) is 6.25. The Morgan fingerprint density at radius 1 is 1.14 bits per heavy atom. The molecule has 1 aromatic carbocycles. The second-order valence-corrected chi connectivity index (χ2v) is 5.12. The van der Waals surface area contributed by atoms with Gasteiger partial charge in [-0.2, -0.15) is 0 Å². The minimum absolute atomic E-state index is 0.0898. The van der Waals surface area contributed by atoms with Gasteiger partial charge in [-0.1, -0.05) is 12.1 Å². The predicted molar refractivity (Wildman–Crippen MR) is 82.8 cm³/mol. The number of amides is 1. The molecule has 0 unspecified atom stereocenters. The fourth-order valence-corrected chi connectivity index (χ4v) is 1.88. The van der Waals surface area contributed by atoms with Gasteiger partial charge in [-0.05, 0) is 17.7 Å². The van der Waals surface area contributed by atoms with Gasteiger partial charge in [0.05, 0.1) is 13.0 Å². The van der Waals surface area contributed by atoms with Crippen molar-refractivity contribution in [2.45, 2.75) is 6.42 Å². The Hall–Kier alpha value is -2.11. The number of guanidine groups is 1. The molecule has 6 heteroatoms. The van der Waals surface area contributed by atoms with Crippen molar-refractivity contribution >= 4 is 11.9 Å². The number of hydrogen-bond donors (Lipinski definition) is 1. The molecule has 1 amide bonds. The van der Waals surface area contributed by atoms with E-state index in [1.54, 1.807) is 12.1 Å². The van der Waals surface area contributed by atoms with Gasteiger partial charge >= 0.3 is 0 Å². The van der Waals surface area contributed by atoms with Crippen LogP contribution in [-0.4, -0.2) is 62.9 Å². The van der Waals surface area contributed by atoms with E-state index in [1.807, 2.05) is 38.0 Å². The molecule has 5 nitrogen and oxygen atoms in total. The number of halogens is 1. The van der Waals surface area contributed by atoms with Gasteiger partial charge in [0.25, 0.3) is 0 Å². The second kappa shape index (κ2) is 8.24. The van der Waals surface area contributed by atoms with Crippen molar-refractivity contribution in [3.63, 3.8) is 0 Å². The first-order valence-electron chi connectivity index (χ1n) is 6.80. The van der Waals surface area contributed by atoms with Gasteiger partial charge in [0.15, 0.2) is 5.96 Å². The Morgan fingerprint density at radius 2 is 1.71 bits per heavy atom. The van der Waals surface area contributed by atoms with Gasteiger partial charge in [0.1, 0.15) is 5.82 Å². The third-order valence-corrected chi connectivity index (χ3v) is 2.77. The molecular formula is C15H23FN4O. The number of aliphatic imine (C=N–C) groups is 1. The molecule has 0 aliphatic carbocycles. The number of carbonyl (C=O) groups excluding carboxylic acids is 1. The number of nitrogens with one attached hydrogen (secondary N) is 1. The van der Waals surface area contributed by atoms with Crippen LogP contribution in [0.4, 0.5) is 4.39 Å². The second-order valence-electron chi connectivity index (χ2n) is 5.12. The lowest BCUT2D eigenvalue weighted by Gasteiger charge is -2.22. The smallest absolute Gasteiger partial charge is 0.224 e. The number of nitrogens with zero attached hydrogens (tertiary/aromatic N) is 3. The molecule has 1 N–H and O–H groups in total. The lowest BCUT2D eigenvalue weighted by molar-refractivity contribution is -0.120. The number of hydrogen-bond acceptors (Lipinski definition) is 2. The van der Waals surface area contributed by atoms with E-state index in [0.717, 1.165) is 11.5 Å². The molecule has 0 saturated heterocycles. The van der Waals surface area contributed by atoms with E-state index in [1.165, 1.54) is 12.1 Å². The van der Waals surface area contributed by atoms with Crippen LogP contribution in [0.5, 0.6) is 0 Å². The van der Waals surface area contributed by atoms with Crippen LogP contribution >= 0.6 is 0 Å². The Balaban J connectivity index is 2.36. The minimum Gasteiger partial charge on any atom is -0.354 e. The van der Waals surface area contributed by atoms with E-state index in [9.17, 15) is 9.18 Å². The van der Waals surface area contributed by atoms with Crippen molar-refractivity contribution in [2.75, 3.05) is 41.3 Å². The van der Waals surface area contributed by atoms with Crippen LogP contribution in [0.2, 0.25) is 0 Å². The van der Waals surface area contributed by atoms with Crippen LogP contribution in [0.25, 0.3) is 0 Å². The molecular weight excluding hydrogens is 271 g/mol. The summed E-state index contributed by atoms with van der Waals surface area (Å²) in [4.78, 5) is 20.0. The molecule has 0 aromatic heterocycles. The molecule has 21 heavy (non-hydrogen) atoms. The van der Waals surface area contributed by atoms with Crippen molar-refractivity contribution in [1.82, 2.24) is 15.1 Å². The predicted octanol–water partition coefficient (Wildman–Crippen LogP) is 0.964. The quantitative estimate of drug-likeness (QED) is 0.500. The molecule has 0 atom stereocenters. The highest BCUT2D eigenvalue weighted by atomic mass is 19.1. The van der Waals surface area contributed by atoms with E-state index in [-0.39, 0.29) is 18.1 Å². The van der Waals surface area contributed by atoms with Gasteiger partial charge in [-0.25, -0.2) is 4.39 Å². The summed E-state index contributed by atoms with van der Waals surface area (Å²) in [7, 11) is 7.69. The summed E-state index contributed by atoms with van der Waals surface area (Å²) in [6.07, 6.45) is 0.248. The number of carbonyl (C=O) groups is 1. The van der Waals surface area contributed by atoms with E-state index >= 15 is 0 Å². The van der Waals surface area contributed by atoms with Crippen molar-refractivity contribution in [3.05, 3.63) is 35.6 Å². The summed E-state index contributed by atoms with van der Waals surface area (Å²) in [6.45, 7) is 0.992. The highest BCUT2D eigenvalue weighted by molar-refractivity contribution is 5.79. The molecule has 0 radical (unpaired) electrons. The highest BCUT2D eigenvalue weighted by Gasteiger charge is 2.05. The Bertz CT molecular complexity index is 473. The van der Waals surface area contributed by atoms with Crippen molar-refractivity contribution in [3.8, 4) is 0 Å². The molecule has 0 aliphatic heterocycles. The molecule has 116 valence electrons. The average Bonchev–Trinajstić information content (AvgIpc) is 2.40. The maximum absolute atomic E-state index is 12.8. The minimum atomic E-state index is -0.298.